The lowest BCUT2D eigenvalue weighted by Gasteiger charge is -2.32. The van der Waals surface area contributed by atoms with E-state index in [1.165, 1.54) is 12.0 Å². The maximum Gasteiger partial charge on any atom is 0.251 e. The summed E-state index contributed by atoms with van der Waals surface area (Å²) in [5.74, 6) is 0.0294. The zero-order chi connectivity index (χ0) is 17.1. The van der Waals surface area contributed by atoms with Gasteiger partial charge in [-0.15, -0.1) is 0 Å². The van der Waals surface area contributed by atoms with E-state index in [2.05, 4.69) is 42.9 Å². The minimum absolute atomic E-state index is 0. The van der Waals surface area contributed by atoms with Gasteiger partial charge in [0.05, 0.1) is 0 Å². The second-order valence-corrected chi connectivity index (χ2v) is 6.16. The van der Waals surface area contributed by atoms with Crippen molar-refractivity contribution in [3.63, 3.8) is 0 Å². The Bertz CT molecular complexity index is 442. The van der Waals surface area contributed by atoms with Crippen LogP contribution in [-0.4, -0.2) is 62.0 Å². The molecule has 0 spiro atoms. The van der Waals surface area contributed by atoms with Gasteiger partial charge < -0.3 is 10.2 Å². The molecular formula is C19H35N3O. The van der Waals surface area contributed by atoms with Crippen molar-refractivity contribution in [1.29, 1.82) is 0 Å². The third-order valence-corrected chi connectivity index (χ3v) is 3.93. The van der Waals surface area contributed by atoms with Gasteiger partial charge in [0.2, 0.25) is 0 Å². The standard InChI is InChI=1S/C16H25N3O.C3H8.H2/c1-3-14-4-6-15(7-5-14)16(20)17-8-9-19-12-10-18(2)11-13-19;1-3-2;/h4-7H,3,8-13H2,1-2H3,(H,17,20);3H2,1-2H3;1H. The van der Waals surface area contributed by atoms with Crippen molar-refractivity contribution < 1.29 is 6.22 Å². The molecule has 0 atom stereocenters. The number of hydrogen-bond donors (Lipinski definition) is 1. The summed E-state index contributed by atoms with van der Waals surface area (Å²) in [6.45, 7) is 12.4. The van der Waals surface area contributed by atoms with Gasteiger partial charge in [-0.05, 0) is 31.2 Å². The molecule has 1 N–H and O–H groups in total. The predicted molar refractivity (Wildman–Crippen MR) is 100 cm³/mol. The van der Waals surface area contributed by atoms with Gasteiger partial charge in [0.1, 0.15) is 0 Å². The molecule has 23 heavy (non-hydrogen) atoms. The Kier molecular flexibility index (Phi) is 9.57. The van der Waals surface area contributed by atoms with E-state index in [-0.39, 0.29) is 7.33 Å². The quantitative estimate of drug-likeness (QED) is 0.906. The number of amides is 1. The molecule has 1 saturated heterocycles. The summed E-state index contributed by atoms with van der Waals surface area (Å²) in [7, 11) is 2.15. The van der Waals surface area contributed by atoms with Gasteiger partial charge >= 0.3 is 0 Å². The summed E-state index contributed by atoms with van der Waals surface area (Å²) in [6, 6.07) is 7.86. The van der Waals surface area contributed by atoms with Crippen LogP contribution >= 0.6 is 0 Å². The summed E-state index contributed by atoms with van der Waals surface area (Å²) in [5, 5.41) is 3.00. The number of benzene rings is 1. The second kappa shape index (κ2) is 11.2. The molecule has 1 aromatic rings. The van der Waals surface area contributed by atoms with Crippen LogP contribution in [0, 0.1) is 0 Å². The van der Waals surface area contributed by atoms with Crippen LogP contribution in [-0.2, 0) is 6.42 Å². The van der Waals surface area contributed by atoms with Gasteiger partial charge in [0.15, 0.2) is 0 Å². The van der Waals surface area contributed by atoms with E-state index in [9.17, 15) is 4.79 Å². The van der Waals surface area contributed by atoms with E-state index >= 15 is 0 Å². The lowest BCUT2D eigenvalue weighted by molar-refractivity contribution is 0.0941. The van der Waals surface area contributed by atoms with Crippen molar-refractivity contribution in [3.05, 3.63) is 35.4 Å². The van der Waals surface area contributed by atoms with E-state index in [0.717, 1.165) is 51.3 Å². The molecule has 1 aliphatic rings. The van der Waals surface area contributed by atoms with Crippen LogP contribution in [0.15, 0.2) is 24.3 Å². The Morgan fingerprint density at radius 1 is 1.09 bits per heavy atom. The van der Waals surface area contributed by atoms with Gasteiger partial charge in [-0.2, -0.15) is 0 Å². The number of hydrogen-bond acceptors (Lipinski definition) is 3. The van der Waals surface area contributed by atoms with Gasteiger partial charge in [0.25, 0.3) is 5.91 Å². The number of rotatable bonds is 5. The highest BCUT2D eigenvalue weighted by Gasteiger charge is 2.13. The van der Waals surface area contributed by atoms with Crippen LogP contribution in [0.5, 0.6) is 0 Å². The Balaban J connectivity index is 0.00000123. The average molecular weight is 322 g/mol. The largest absolute Gasteiger partial charge is 0.351 e. The highest BCUT2D eigenvalue weighted by atomic mass is 16.1. The first-order valence-electron chi connectivity index (χ1n) is 8.88. The summed E-state index contributed by atoms with van der Waals surface area (Å²) in [5.41, 5.74) is 2.01. The molecule has 0 saturated carbocycles. The number of nitrogens with zero attached hydrogens (tertiary/aromatic N) is 2. The van der Waals surface area contributed by atoms with Crippen LogP contribution in [0.25, 0.3) is 0 Å². The fourth-order valence-corrected chi connectivity index (χ4v) is 2.39. The number of aryl methyl sites for hydroxylation is 1. The maximum absolute atomic E-state index is 12.0. The smallest absolute Gasteiger partial charge is 0.251 e. The topological polar surface area (TPSA) is 35.6 Å². The molecule has 0 radical (unpaired) electrons. The number of carbonyl (C=O) groups excluding carboxylic acids is 1. The fourth-order valence-electron chi connectivity index (χ4n) is 2.39. The fraction of sp³-hybridized carbons (Fsp3) is 0.632. The van der Waals surface area contributed by atoms with E-state index in [0.29, 0.717) is 0 Å². The summed E-state index contributed by atoms with van der Waals surface area (Å²) in [4.78, 5) is 16.7. The first-order valence-corrected chi connectivity index (χ1v) is 8.88. The number of nitrogens with one attached hydrogen (secondary N) is 1. The van der Waals surface area contributed by atoms with Crippen molar-refractivity contribution >= 4 is 5.91 Å². The van der Waals surface area contributed by atoms with Crippen LogP contribution in [0.3, 0.4) is 0 Å². The normalized spacial score (nSPS) is 15.7. The van der Waals surface area contributed by atoms with Crippen LogP contribution in [0.4, 0.5) is 0 Å². The monoisotopic (exact) mass is 321 g/mol. The van der Waals surface area contributed by atoms with Crippen molar-refractivity contribution in [1.82, 2.24) is 15.1 Å². The molecule has 0 aromatic heterocycles. The molecule has 1 aromatic carbocycles. The zero-order valence-corrected chi connectivity index (χ0v) is 15.3. The van der Waals surface area contributed by atoms with Crippen molar-refractivity contribution in [2.24, 2.45) is 0 Å². The Morgan fingerprint density at radius 2 is 1.65 bits per heavy atom. The van der Waals surface area contributed by atoms with Crippen LogP contribution in [0.1, 0.15) is 44.5 Å². The molecule has 1 heterocycles. The van der Waals surface area contributed by atoms with Crippen LogP contribution < -0.4 is 5.32 Å². The van der Waals surface area contributed by atoms with E-state index in [1.807, 2.05) is 24.3 Å². The highest BCUT2D eigenvalue weighted by Crippen LogP contribution is 2.05. The predicted octanol–water partition coefficient (Wildman–Crippen LogP) is 2.89. The first-order chi connectivity index (χ1) is 11.1. The molecule has 4 heteroatoms. The van der Waals surface area contributed by atoms with Crippen molar-refractivity contribution in [2.45, 2.75) is 33.6 Å². The third kappa shape index (κ3) is 7.62. The van der Waals surface area contributed by atoms with Gasteiger partial charge in [-0.25, -0.2) is 0 Å². The van der Waals surface area contributed by atoms with E-state index in [4.69, 9.17) is 0 Å². The van der Waals surface area contributed by atoms with Crippen LogP contribution in [0.2, 0.25) is 0 Å². The first kappa shape index (κ1) is 19.7. The third-order valence-electron chi connectivity index (χ3n) is 3.93. The lowest BCUT2D eigenvalue weighted by atomic mass is 10.1. The molecule has 0 bridgehead atoms. The summed E-state index contributed by atoms with van der Waals surface area (Å²) >= 11 is 0. The molecule has 2 rings (SSSR count). The maximum atomic E-state index is 12.0. The minimum atomic E-state index is 0. The minimum Gasteiger partial charge on any atom is -0.351 e. The SMILES string of the molecule is CCC.CCc1ccc(C(=O)NCCN2CCN(C)CC2)cc1.[HH]. The second-order valence-electron chi connectivity index (χ2n) is 6.16. The zero-order valence-electron chi connectivity index (χ0n) is 15.3. The molecule has 1 amide bonds. The number of likely N-dealkylation sites (N-methyl/N-ethyl adjacent to an activating group) is 1. The molecule has 0 aliphatic carbocycles. The lowest BCUT2D eigenvalue weighted by Crippen LogP contribution is -2.46. The Labute approximate surface area is 143 Å². The molecule has 4 nitrogen and oxygen atoms in total. The van der Waals surface area contributed by atoms with Crippen molar-refractivity contribution in [3.8, 4) is 0 Å². The Hall–Kier alpha value is -1.39. The number of carbonyl (C=O) groups is 1. The molecular weight excluding hydrogens is 286 g/mol. The van der Waals surface area contributed by atoms with Gasteiger partial charge in [0, 0.05) is 46.3 Å². The van der Waals surface area contributed by atoms with Gasteiger partial charge in [-0.3, -0.25) is 9.69 Å². The molecule has 132 valence electrons. The van der Waals surface area contributed by atoms with E-state index < -0.39 is 0 Å². The average Bonchev–Trinajstić information content (AvgIpc) is 2.57. The number of piperazine rings is 1. The highest BCUT2D eigenvalue weighted by molar-refractivity contribution is 5.94. The molecule has 1 aliphatic heterocycles. The molecule has 1 fully saturated rings. The van der Waals surface area contributed by atoms with Crippen molar-refractivity contribution in [2.75, 3.05) is 46.3 Å². The molecule has 0 unspecified atom stereocenters. The van der Waals surface area contributed by atoms with E-state index in [1.54, 1.807) is 0 Å². The Morgan fingerprint density at radius 3 is 2.17 bits per heavy atom. The van der Waals surface area contributed by atoms with Gasteiger partial charge in [-0.1, -0.05) is 39.3 Å². The summed E-state index contributed by atoms with van der Waals surface area (Å²) in [6.07, 6.45) is 2.26. The summed E-state index contributed by atoms with van der Waals surface area (Å²) < 4.78 is 0.